The van der Waals surface area contributed by atoms with Crippen molar-refractivity contribution in [1.29, 1.82) is 0 Å². The summed E-state index contributed by atoms with van der Waals surface area (Å²) in [5, 5.41) is 15.1. The van der Waals surface area contributed by atoms with Gasteiger partial charge in [-0.2, -0.15) is 5.10 Å². The van der Waals surface area contributed by atoms with E-state index in [1.54, 1.807) is 35.2 Å². The average Bonchev–Trinajstić information content (AvgIpc) is 2.87. The van der Waals surface area contributed by atoms with Crippen molar-refractivity contribution >= 4 is 22.4 Å². The largest absolute Gasteiger partial charge is 0.508 e. The van der Waals surface area contributed by atoms with Gasteiger partial charge < -0.3 is 14.9 Å². The molecule has 0 radical (unpaired) electrons. The minimum Gasteiger partial charge on any atom is -0.508 e. The summed E-state index contributed by atoms with van der Waals surface area (Å²) in [4.78, 5) is 30.6. The second kappa shape index (κ2) is 8.78. The number of anilines is 1. The lowest BCUT2D eigenvalue weighted by Crippen LogP contribution is -2.49. The fourth-order valence-corrected chi connectivity index (χ4v) is 4.24. The molecule has 2 heterocycles. The number of hydrogen-bond donors (Lipinski definition) is 1. The Morgan fingerprint density at radius 2 is 1.45 bits per heavy atom. The molecule has 1 N–H and O–H groups in total. The van der Waals surface area contributed by atoms with Gasteiger partial charge in [-0.05, 0) is 35.9 Å². The number of aromatic hydroxyl groups is 1. The molecule has 0 bridgehead atoms. The van der Waals surface area contributed by atoms with Crippen molar-refractivity contribution in [2.75, 3.05) is 31.1 Å². The predicted octanol–water partition coefficient (Wildman–Crippen LogP) is 3.11. The third kappa shape index (κ3) is 4.17. The van der Waals surface area contributed by atoms with Gasteiger partial charge in [0.25, 0.3) is 11.5 Å². The van der Waals surface area contributed by atoms with Crippen LogP contribution in [0.1, 0.15) is 16.1 Å². The maximum atomic E-state index is 13.5. The number of nitrogens with zero attached hydrogens (tertiary/aromatic N) is 4. The molecule has 1 aliphatic rings. The van der Waals surface area contributed by atoms with E-state index in [0.29, 0.717) is 49.2 Å². The summed E-state index contributed by atoms with van der Waals surface area (Å²) in [7, 11) is 0. The van der Waals surface area contributed by atoms with Crippen LogP contribution < -0.4 is 10.5 Å². The van der Waals surface area contributed by atoms with E-state index in [1.807, 2.05) is 48.5 Å². The average molecular weight is 441 g/mol. The van der Waals surface area contributed by atoms with Crippen LogP contribution in [0.5, 0.6) is 5.75 Å². The number of hydrogen-bond acceptors (Lipinski definition) is 5. The maximum Gasteiger partial charge on any atom is 0.275 e. The first kappa shape index (κ1) is 20.8. The Morgan fingerprint density at radius 1 is 0.818 bits per heavy atom. The number of fused-ring (bicyclic) bond motifs is 1. The molecule has 4 aromatic rings. The van der Waals surface area contributed by atoms with Crippen molar-refractivity contribution in [3.05, 3.63) is 100 Å². The Bertz CT molecular complexity index is 1340. The second-order valence-electron chi connectivity index (χ2n) is 8.14. The minimum absolute atomic E-state index is 0.168. The molecule has 0 atom stereocenters. The molecule has 0 unspecified atom stereocenters. The number of aromatic nitrogens is 2. The summed E-state index contributed by atoms with van der Waals surface area (Å²) >= 11 is 0. The number of amides is 1. The van der Waals surface area contributed by atoms with Crippen LogP contribution in [0.2, 0.25) is 0 Å². The predicted molar refractivity (Wildman–Crippen MR) is 128 cm³/mol. The quantitative estimate of drug-likeness (QED) is 0.528. The number of piperazine rings is 1. The van der Waals surface area contributed by atoms with Crippen molar-refractivity contribution < 1.29 is 9.90 Å². The number of carbonyl (C=O) groups is 1. The highest BCUT2D eigenvalue weighted by atomic mass is 16.3. The van der Waals surface area contributed by atoms with E-state index in [2.05, 4.69) is 10.00 Å². The fraction of sp³-hybridized carbons (Fsp3) is 0.192. The fourth-order valence-electron chi connectivity index (χ4n) is 4.24. The third-order valence-electron chi connectivity index (χ3n) is 6.03. The normalized spacial score (nSPS) is 13.9. The van der Waals surface area contributed by atoms with E-state index in [4.69, 9.17) is 0 Å². The lowest BCUT2D eigenvalue weighted by molar-refractivity contribution is 0.0740. The number of phenolic OH excluding ortho intramolecular Hbond substituents is 1. The first-order chi connectivity index (χ1) is 16.1. The molecule has 33 heavy (non-hydrogen) atoms. The highest BCUT2D eigenvalue weighted by Crippen LogP contribution is 2.21. The van der Waals surface area contributed by atoms with Crippen molar-refractivity contribution in [2.24, 2.45) is 0 Å². The Hall–Kier alpha value is -4.13. The van der Waals surface area contributed by atoms with Crippen LogP contribution in [0.15, 0.2) is 83.7 Å². The Morgan fingerprint density at radius 3 is 2.15 bits per heavy atom. The molecular formula is C26H24N4O3. The number of benzene rings is 3. The van der Waals surface area contributed by atoms with Crippen LogP contribution in [0.4, 0.5) is 5.69 Å². The van der Waals surface area contributed by atoms with Gasteiger partial charge in [-0.25, -0.2) is 4.68 Å². The molecule has 7 heteroatoms. The van der Waals surface area contributed by atoms with E-state index in [9.17, 15) is 14.7 Å². The van der Waals surface area contributed by atoms with Gasteiger partial charge in [0.2, 0.25) is 0 Å². The van der Waals surface area contributed by atoms with E-state index >= 15 is 0 Å². The smallest absolute Gasteiger partial charge is 0.275 e. The zero-order valence-corrected chi connectivity index (χ0v) is 18.1. The Labute approximate surface area is 191 Å². The minimum atomic E-state index is -0.205. The molecule has 0 saturated carbocycles. The number of carbonyl (C=O) groups excluding carboxylic acids is 1. The summed E-state index contributed by atoms with van der Waals surface area (Å²) in [6, 6.07) is 23.9. The molecule has 1 aliphatic heterocycles. The van der Waals surface area contributed by atoms with Crippen LogP contribution >= 0.6 is 0 Å². The van der Waals surface area contributed by atoms with Gasteiger partial charge >= 0.3 is 0 Å². The summed E-state index contributed by atoms with van der Waals surface area (Å²) in [6.45, 7) is 2.76. The lowest BCUT2D eigenvalue weighted by Gasteiger charge is -2.36. The standard InChI is InChI=1S/C26H24N4O3/c31-21-12-10-20(11-13-21)28-14-16-29(17-15-28)26(33)24-22-8-4-5-9-23(22)25(32)30(27-24)18-19-6-2-1-3-7-19/h1-13,31H,14-18H2. The zero-order valence-electron chi connectivity index (χ0n) is 18.1. The molecular weight excluding hydrogens is 416 g/mol. The van der Waals surface area contributed by atoms with Crippen LogP contribution in [0.3, 0.4) is 0 Å². The maximum absolute atomic E-state index is 13.5. The molecule has 166 valence electrons. The Kier molecular flexibility index (Phi) is 5.52. The Balaban J connectivity index is 1.43. The summed E-state index contributed by atoms with van der Waals surface area (Å²) in [6.07, 6.45) is 0. The highest BCUT2D eigenvalue weighted by molar-refractivity contribution is 6.04. The van der Waals surface area contributed by atoms with Crippen LogP contribution in [0, 0.1) is 0 Å². The molecule has 3 aromatic carbocycles. The van der Waals surface area contributed by atoms with Gasteiger partial charge in [-0.15, -0.1) is 0 Å². The van der Waals surface area contributed by atoms with Crippen molar-refractivity contribution in [3.8, 4) is 5.75 Å². The number of phenols is 1. The van der Waals surface area contributed by atoms with Crippen LogP contribution in [-0.4, -0.2) is 51.9 Å². The van der Waals surface area contributed by atoms with E-state index in [1.165, 1.54) is 4.68 Å². The second-order valence-corrected chi connectivity index (χ2v) is 8.14. The van der Waals surface area contributed by atoms with Crippen LogP contribution in [-0.2, 0) is 6.54 Å². The zero-order chi connectivity index (χ0) is 22.8. The molecule has 0 spiro atoms. The van der Waals surface area contributed by atoms with Gasteiger partial charge in [-0.1, -0.05) is 48.5 Å². The van der Waals surface area contributed by atoms with E-state index in [0.717, 1.165) is 11.3 Å². The van der Waals surface area contributed by atoms with Crippen molar-refractivity contribution in [2.45, 2.75) is 6.54 Å². The first-order valence-corrected chi connectivity index (χ1v) is 11.0. The van der Waals surface area contributed by atoms with E-state index < -0.39 is 0 Å². The lowest BCUT2D eigenvalue weighted by atomic mass is 10.1. The highest BCUT2D eigenvalue weighted by Gasteiger charge is 2.26. The van der Waals surface area contributed by atoms with Gasteiger partial charge in [0.1, 0.15) is 5.75 Å². The van der Waals surface area contributed by atoms with Gasteiger partial charge in [0.05, 0.1) is 11.9 Å². The van der Waals surface area contributed by atoms with Crippen molar-refractivity contribution in [3.63, 3.8) is 0 Å². The SMILES string of the molecule is O=C(c1nn(Cc2ccccc2)c(=O)c2ccccc12)N1CCN(c2ccc(O)cc2)CC1. The summed E-state index contributed by atoms with van der Waals surface area (Å²) in [5.74, 6) is 0.0644. The molecule has 1 fully saturated rings. The molecule has 1 aromatic heterocycles. The molecule has 1 amide bonds. The van der Waals surface area contributed by atoms with Gasteiger partial charge in [0, 0.05) is 37.3 Å². The monoisotopic (exact) mass is 440 g/mol. The van der Waals surface area contributed by atoms with Gasteiger partial charge in [0.15, 0.2) is 5.69 Å². The number of rotatable bonds is 4. The van der Waals surface area contributed by atoms with Crippen LogP contribution in [0.25, 0.3) is 10.8 Å². The van der Waals surface area contributed by atoms with Crippen molar-refractivity contribution in [1.82, 2.24) is 14.7 Å². The summed E-state index contributed by atoms with van der Waals surface area (Å²) in [5.41, 5.74) is 2.06. The molecule has 0 aliphatic carbocycles. The third-order valence-corrected chi connectivity index (χ3v) is 6.03. The molecule has 7 nitrogen and oxygen atoms in total. The van der Waals surface area contributed by atoms with E-state index in [-0.39, 0.29) is 17.2 Å². The van der Waals surface area contributed by atoms with Gasteiger partial charge in [-0.3, -0.25) is 9.59 Å². The topological polar surface area (TPSA) is 78.7 Å². The molecule has 5 rings (SSSR count). The summed E-state index contributed by atoms with van der Waals surface area (Å²) < 4.78 is 1.39. The molecule has 1 saturated heterocycles. The first-order valence-electron chi connectivity index (χ1n) is 11.0.